The zero-order chi connectivity index (χ0) is 17.0. The van der Waals surface area contributed by atoms with Crippen molar-refractivity contribution in [3.8, 4) is 17.6 Å². The van der Waals surface area contributed by atoms with Crippen LogP contribution in [0, 0.1) is 11.3 Å². The molecule has 120 valence electrons. The van der Waals surface area contributed by atoms with Crippen LogP contribution in [0.1, 0.15) is 36.9 Å². The first-order chi connectivity index (χ1) is 11.0. The number of oxazole rings is 1. The molecule has 0 atom stereocenters. The quantitative estimate of drug-likeness (QED) is 0.608. The van der Waals surface area contributed by atoms with Crippen molar-refractivity contribution in [2.75, 3.05) is 12.5 Å². The summed E-state index contributed by atoms with van der Waals surface area (Å²) in [6.45, 7) is 3.83. The lowest BCUT2D eigenvalue weighted by atomic mass is 10.2. The van der Waals surface area contributed by atoms with E-state index in [1.807, 2.05) is 19.9 Å². The van der Waals surface area contributed by atoms with Crippen LogP contribution in [0.25, 0.3) is 0 Å². The van der Waals surface area contributed by atoms with E-state index in [4.69, 9.17) is 14.4 Å². The predicted octanol–water partition coefficient (Wildman–Crippen LogP) is 3.59. The van der Waals surface area contributed by atoms with E-state index in [9.17, 15) is 5.11 Å². The molecule has 2 rings (SSSR count). The molecule has 0 spiro atoms. The lowest BCUT2D eigenvalue weighted by molar-refractivity contribution is 0.372. The van der Waals surface area contributed by atoms with Crippen LogP contribution in [-0.4, -0.2) is 23.4 Å². The number of nitrogens with zero attached hydrogens (tertiary/aromatic N) is 3. The molecule has 0 saturated heterocycles. The lowest BCUT2D eigenvalue weighted by Crippen LogP contribution is -1.93. The molecule has 0 radical (unpaired) electrons. The summed E-state index contributed by atoms with van der Waals surface area (Å²) in [6.07, 6.45) is 1.51. The van der Waals surface area contributed by atoms with Gasteiger partial charge in [-0.25, -0.2) is 10.4 Å². The fourth-order valence-electron chi connectivity index (χ4n) is 1.72. The molecule has 0 fully saturated rings. The average Bonchev–Trinajstić information content (AvgIpc) is 2.94. The topological polar surface area (TPSA) is 104 Å². The number of anilines is 1. The molecule has 1 aromatic heterocycles. The maximum Gasteiger partial charge on any atom is 0.252 e. The van der Waals surface area contributed by atoms with Gasteiger partial charge in [-0.1, -0.05) is 13.8 Å². The molecule has 1 aromatic carbocycles. The number of nitriles is 1. The van der Waals surface area contributed by atoms with Gasteiger partial charge in [0.1, 0.15) is 6.07 Å². The Morgan fingerprint density at radius 2 is 2.26 bits per heavy atom. The zero-order valence-corrected chi connectivity index (χ0v) is 14.4. The van der Waals surface area contributed by atoms with Crippen LogP contribution in [-0.2, 0) is 0 Å². The molecule has 1 heterocycles. The summed E-state index contributed by atoms with van der Waals surface area (Å²) in [4.78, 5) is 4.08. The molecule has 0 saturated carbocycles. The SMILES string of the molecule is COc1cc(/C=N/Nc2oc(C(C)C)nc2C#N)cc(Br)c1O. The third kappa shape index (κ3) is 3.81. The minimum absolute atomic E-state index is 0.0150. The molecule has 2 aromatic rings. The van der Waals surface area contributed by atoms with E-state index in [-0.39, 0.29) is 23.2 Å². The summed E-state index contributed by atoms with van der Waals surface area (Å²) in [6, 6.07) is 5.25. The maximum atomic E-state index is 9.76. The highest BCUT2D eigenvalue weighted by molar-refractivity contribution is 9.10. The van der Waals surface area contributed by atoms with Crippen LogP contribution in [0.4, 0.5) is 5.88 Å². The van der Waals surface area contributed by atoms with Gasteiger partial charge in [0, 0.05) is 5.92 Å². The van der Waals surface area contributed by atoms with E-state index in [2.05, 4.69) is 31.4 Å². The van der Waals surface area contributed by atoms with E-state index in [1.165, 1.54) is 13.3 Å². The highest BCUT2D eigenvalue weighted by Crippen LogP contribution is 2.34. The molecule has 0 amide bonds. The van der Waals surface area contributed by atoms with E-state index < -0.39 is 0 Å². The van der Waals surface area contributed by atoms with E-state index in [0.717, 1.165) is 0 Å². The van der Waals surface area contributed by atoms with Crippen molar-refractivity contribution in [1.82, 2.24) is 4.98 Å². The number of ether oxygens (including phenoxy) is 1. The second-order valence-electron chi connectivity index (χ2n) is 4.92. The Morgan fingerprint density at radius 3 is 2.87 bits per heavy atom. The highest BCUT2D eigenvalue weighted by atomic mass is 79.9. The molecule has 23 heavy (non-hydrogen) atoms. The lowest BCUT2D eigenvalue weighted by Gasteiger charge is -2.06. The molecular formula is C15H15BrN4O3. The van der Waals surface area contributed by atoms with E-state index >= 15 is 0 Å². The van der Waals surface area contributed by atoms with Crippen molar-refractivity contribution in [2.24, 2.45) is 5.10 Å². The Hall–Kier alpha value is -2.53. The van der Waals surface area contributed by atoms with Gasteiger partial charge in [-0.15, -0.1) is 0 Å². The smallest absolute Gasteiger partial charge is 0.252 e. The summed E-state index contributed by atoms with van der Waals surface area (Å²) in [5.41, 5.74) is 3.49. The summed E-state index contributed by atoms with van der Waals surface area (Å²) in [5.74, 6) is 1.06. The normalized spacial score (nSPS) is 11.0. The van der Waals surface area contributed by atoms with Gasteiger partial charge in [0.25, 0.3) is 5.88 Å². The summed E-state index contributed by atoms with van der Waals surface area (Å²) >= 11 is 3.23. The van der Waals surface area contributed by atoms with E-state index in [0.29, 0.717) is 21.7 Å². The largest absolute Gasteiger partial charge is 0.503 e. The fourth-order valence-corrected chi connectivity index (χ4v) is 2.18. The molecule has 0 aliphatic carbocycles. The second-order valence-corrected chi connectivity index (χ2v) is 5.77. The molecule has 0 aliphatic rings. The maximum absolute atomic E-state index is 9.76. The fraction of sp³-hybridized carbons (Fsp3) is 0.267. The van der Waals surface area contributed by atoms with Crippen LogP contribution in [0.5, 0.6) is 11.5 Å². The monoisotopic (exact) mass is 378 g/mol. The van der Waals surface area contributed by atoms with Gasteiger partial charge in [0.15, 0.2) is 11.5 Å². The Bertz CT molecular complexity index is 778. The molecule has 7 nitrogen and oxygen atoms in total. The van der Waals surface area contributed by atoms with Gasteiger partial charge < -0.3 is 14.3 Å². The number of phenolic OH excluding ortho intramolecular Hbond substituents is 1. The number of halogens is 1. The predicted molar refractivity (Wildman–Crippen MR) is 88.9 cm³/mol. The van der Waals surface area contributed by atoms with Gasteiger partial charge >= 0.3 is 0 Å². The number of hydrogen-bond donors (Lipinski definition) is 2. The van der Waals surface area contributed by atoms with Crippen molar-refractivity contribution in [3.63, 3.8) is 0 Å². The molecule has 0 bridgehead atoms. The first-order valence-corrected chi connectivity index (χ1v) is 7.52. The summed E-state index contributed by atoms with van der Waals surface area (Å²) < 4.78 is 11.0. The van der Waals surface area contributed by atoms with Crippen LogP contribution >= 0.6 is 15.9 Å². The van der Waals surface area contributed by atoms with Gasteiger partial charge in [-0.2, -0.15) is 10.4 Å². The van der Waals surface area contributed by atoms with Crippen molar-refractivity contribution >= 4 is 28.0 Å². The molecule has 8 heteroatoms. The highest BCUT2D eigenvalue weighted by Gasteiger charge is 2.14. The minimum atomic E-state index is 0.0150. The first kappa shape index (κ1) is 16.8. The van der Waals surface area contributed by atoms with Crippen LogP contribution in [0.2, 0.25) is 0 Å². The van der Waals surface area contributed by atoms with Crippen LogP contribution < -0.4 is 10.2 Å². The first-order valence-electron chi connectivity index (χ1n) is 6.72. The van der Waals surface area contributed by atoms with E-state index in [1.54, 1.807) is 12.1 Å². The standard InChI is InChI=1S/C15H15BrN4O3/c1-8(2)14-19-11(6-17)15(23-14)20-18-7-9-4-10(16)13(21)12(5-9)22-3/h4-5,7-8,20-21H,1-3H3/b18-7+. The molecule has 2 N–H and O–H groups in total. The van der Waals surface area contributed by atoms with Crippen molar-refractivity contribution < 1.29 is 14.3 Å². The summed E-state index contributed by atoms with van der Waals surface area (Å²) in [7, 11) is 1.46. The minimum Gasteiger partial charge on any atom is -0.503 e. The van der Waals surface area contributed by atoms with Crippen molar-refractivity contribution in [2.45, 2.75) is 19.8 Å². The average molecular weight is 379 g/mol. The van der Waals surface area contributed by atoms with Gasteiger partial charge in [0.2, 0.25) is 11.6 Å². The Kier molecular flexibility index (Phi) is 5.24. The Balaban J connectivity index is 2.20. The number of hydrazone groups is 1. The van der Waals surface area contributed by atoms with Gasteiger partial charge in [-0.05, 0) is 33.6 Å². The number of aromatic hydroxyl groups is 1. The van der Waals surface area contributed by atoms with Crippen molar-refractivity contribution in [1.29, 1.82) is 5.26 Å². The third-order valence-corrected chi connectivity index (χ3v) is 3.50. The number of hydrogen-bond acceptors (Lipinski definition) is 7. The van der Waals surface area contributed by atoms with Gasteiger partial charge in [0.05, 0.1) is 17.8 Å². The number of rotatable bonds is 5. The Labute approximate surface area is 141 Å². The Morgan fingerprint density at radius 1 is 1.52 bits per heavy atom. The molecular weight excluding hydrogens is 364 g/mol. The second kappa shape index (κ2) is 7.15. The van der Waals surface area contributed by atoms with Crippen LogP contribution in [0.3, 0.4) is 0 Å². The number of methoxy groups -OCH3 is 1. The third-order valence-electron chi connectivity index (χ3n) is 2.89. The van der Waals surface area contributed by atoms with Crippen LogP contribution in [0.15, 0.2) is 26.1 Å². The number of phenols is 1. The zero-order valence-electron chi connectivity index (χ0n) is 12.8. The molecule has 0 aliphatic heterocycles. The summed E-state index contributed by atoms with van der Waals surface area (Å²) in [5, 5.41) is 22.8. The number of aromatic nitrogens is 1. The van der Waals surface area contributed by atoms with Gasteiger partial charge in [-0.3, -0.25) is 0 Å². The molecule has 0 unspecified atom stereocenters. The van der Waals surface area contributed by atoms with Crippen molar-refractivity contribution in [3.05, 3.63) is 33.8 Å². The number of nitrogens with one attached hydrogen (secondary N) is 1. The number of benzene rings is 1.